The van der Waals surface area contributed by atoms with Gasteiger partial charge in [-0.3, -0.25) is 9.89 Å². The normalized spacial score (nSPS) is 12.0. The minimum absolute atomic E-state index is 0.133. The van der Waals surface area contributed by atoms with Gasteiger partial charge in [-0.15, -0.1) is 0 Å². The first kappa shape index (κ1) is 16.6. The van der Waals surface area contributed by atoms with Gasteiger partial charge in [-0.05, 0) is 34.5 Å². The number of hydrogen-bond acceptors (Lipinski definition) is 4. The lowest BCUT2D eigenvalue weighted by atomic mass is 10.1. The van der Waals surface area contributed by atoms with Crippen LogP contribution in [0, 0.1) is 6.92 Å². The van der Waals surface area contributed by atoms with Crippen molar-refractivity contribution in [3.8, 4) is 0 Å². The summed E-state index contributed by atoms with van der Waals surface area (Å²) in [6.45, 7) is 1.80. The van der Waals surface area contributed by atoms with Crippen molar-refractivity contribution in [3.63, 3.8) is 0 Å². The summed E-state index contributed by atoms with van der Waals surface area (Å²) in [5.41, 5.74) is 1.14. The van der Waals surface area contributed by atoms with Gasteiger partial charge in [0.2, 0.25) is 0 Å². The Balaban J connectivity index is 1.95. The molecule has 3 rings (SSSR count). The molecule has 0 aliphatic heterocycles. The van der Waals surface area contributed by atoms with Crippen LogP contribution in [0.15, 0.2) is 47.1 Å². The fourth-order valence-corrected chi connectivity index (χ4v) is 2.74. The number of carbonyl (C=O) groups is 1. The second kappa shape index (κ2) is 7.11. The molecule has 24 heavy (non-hydrogen) atoms. The molecule has 0 spiro atoms. The number of halogens is 2. The third kappa shape index (κ3) is 3.63. The molecule has 0 saturated heterocycles. The Morgan fingerprint density at radius 3 is 2.75 bits per heavy atom. The lowest BCUT2D eigenvalue weighted by Crippen LogP contribution is -2.30. The zero-order valence-corrected chi connectivity index (χ0v) is 15.0. The van der Waals surface area contributed by atoms with Crippen molar-refractivity contribution in [1.29, 1.82) is 0 Å². The predicted molar refractivity (Wildman–Crippen MR) is 93.8 cm³/mol. The number of aromatic nitrogens is 4. The van der Waals surface area contributed by atoms with Gasteiger partial charge in [-0.1, -0.05) is 41.9 Å². The van der Waals surface area contributed by atoms with Crippen LogP contribution in [0.25, 0.3) is 0 Å². The third-order valence-corrected chi connectivity index (χ3v) is 4.07. The molecule has 6 nitrogen and oxygen atoms in total. The molecule has 1 atom stereocenters. The summed E-state index contributed by atoms with van der Waals surface area (Å²) in [4.78, 5) is 21.0. The summed E-state index contributed by atoms with van der Waals surface area (Å²) >= 11 is 9.33. The SMILES string of the molecule is Cc1nc(C(NC(=O)c2cc(Br)cnc2Cl)c2ccccc2)n[nH]1. The number of aryl methyl sites for hydroxylation is 1. The van der Waals surface area contributed by atoms with E-state index < -0.39 is 6.04 Å². The fourth-order valence-electron chi connectivity index (χ4n) is 2.22. The van der Waals surface area contributed by atoms with E-state index in [4.69, 9.17) is 11.6 Å². The van der Waals surface area contributed by atoms with E-state index in [0.717, 1.165) is 5.56 Å². The van der Waals surface area contributed by atoms with Crippen LogP contribution in [-0.2, 0) is 0 Å². The average Bonchev–Trinajstić information content (AvgIpc) is 3.01. The highest BCUT2D eigenvalue weighted by Gasteiger charge is 2.23. The molecule has 1 aromatic carbocycles. The van der Waals surface area contributed by atoms with Gasteiger partial charge in [0.1, 0.15) is 17.0 Å². The van der Waals surface area contributed by atoms with Crippen LogP contribution < -0.4 is 5.32 Å². The maximum absolute atomic E-state index is 12.7. The number of aromatic amines is 1. The minimum atomic E-state index is -0.501. The Morgan fingerprint density at radius 1 is 1.33 bits per heavy atom. The molecule has 0 saturated carbocycles. The number of amides is 1. The highest BCUT2D eigenvalue weighted by molar-refractivity contribution is 9.10. The van der Waals surface area contributed by atoms with Gasteiger partial charge in [0.25, 0.3) is 5.91 Å². The van der Waals surface area contributed by atoms with E-state index in [1.165, 1.54) is 6.20 Å². The molecule has 0 bridgehead atoms. The second-order valence-electron chi connectivity index (χ2n) is 5.09. The maximum Gasteiger partial charge on any atom is 0.255 e. The van der Waals surface area contributed by atoms with Crippen LogP contribution in [0.1, 0.15) is 33.6 Å². The lowest BCUT2D eigenvalue weighted by molar-refractivity contribution is 0.0941. The van der Waals surface area contributed by atoms with E-state index in [-0.39, 0.29) is 16.6 Å². The molecule has 0 aliphatic carbocycles. The Morgan fingerprint density at radius 2 is 2.08 bits per heavy atom. The summed E-state index contributed by atoms with van der Waals surface area (Å²) < 4.78 is 0.669. The first-order valence-electron chi connectivity index (χ1n) is 7.10. The zero-order valence-electron chi connectivity index (χ0n) is 12.6. The molecule has 0 aliphatic rings. The molecule has 3 aromatic rings. The summed E-state index contributed by atoms with van der Waals surface area (Å²) in [6.07, 6.45) is 1.53. The van der Waals surface area contributed by atoms with Gasteiger partial charge in [0, 0.05) is 10.7 Å². The number of pyridine rings is 1. The minimum Gasteiger partial charge on any atom is -0.338 e. The van der Waals surface area contributed by atoms with E-state index >= 15 is 0 Å². The first-order valence-corrected chi connectivity index (χ1v) is 8.27. The topological polar surface area (TPSA) is 83.6 Å². The summed E-state index contributed by atoms with van der Waals surface area (Å²) in [5, 5.41) is 10.0. The van der Waals surface area contributed by atoms with Crippen molar-refractivity contribution in [3.05, 3.63) is 75.0 Å². The third-order valence-electron chi connectivity index (χ3n) is 3.33. The van der Waals surface area contributed by atoms with Gasteiger partial charge < -0.3 is 5.32 Å². The van der Waals surface area contributed by atoms with Crippen LogP contribution >= 0.6 is 27.5 Å². The highest BCUT2D eigenvalue weighted by Crippen LogP contribution is 2.22. The molecule has 8 heteroatoms. The van der Waals surface area contributed by atoms with Gasteiger partial charge >= 0.3 is 0 Å². The summed E-state index contributed by atoms with van der Waals surface area (Å²) in [5.74, 6) is 0.790. The van der Waals surface area contributed by atoms with Crippen molar-refractivity contribution in [2.45, 2.75) is 13.0 Å². The number of carbonyl (C=O) groups excluding carboxylic acids is 1. The number of nitrogens with zero attached hydrogens (tertiary/aromatic N) is 3. The van der Waals surface area contributed by atoms with E-state index in [2.05, 4.69) is 41.4 Å². The fraction of sp³-hybridized carbons (Fsp3) is 0.125. The smallest absolute Gasteiger partial charge is 0.255 e. The van der Waals surface area contributed by atoms with Crippen LogP contribution in [0.3, 0.4) is 0 Å². The lowest BCUT2D eigenvalue weighted by Gasteiger charge is -2.16. The monoisotopic (exact) mass is 405 g/mol. The summed E-state index contributed by atoms with van der Waals surface area (Å²) in [6, 6.07) is 10.6. The molecular formula is C16H13BrClN5O. The largest absolute Gasteiger partial charge is 0.338 e. The molecule has 2 heterocycles. The number of nitrogens with one attached hydrogen (secondary N) is 2. The first-order chi connectivity index (χ1) is 11.5. The quantitative estimate of drug-likeness (QED) is 0.650. The van der Waals surface area contributed by atoms with E-state index in [0.29, 0.717) is 16.1 Å². The van der Waals surface area contributed by atoms with Gasteiger partial charge in [-0.25, -0.2) is 9.97 Å². The predicted octanol–water partition coefficient (Wildman–Crippen LogP) is 3.44. The van der Waals surface area contributed by atoms with Gasteiger partial charge in [-0.2, -0.15) is 5.10 Å². The number of H-pyrrole nitrogens is 1. The van der Waals surface area contributed by atoms with Crippen molar-refractivity contribution >= 4 is 33.4 Å². The van der Waals surface area contributed by atoms with Crippen molar-refractivity contribution < 1.29 is 4.79 Å². The van der Waals surface area contributed by atoms with E-state index in [1.54, 1.807) is 13.0 Å². The number of hydrogen-bond donors (Lipinski definition) is 2. The molecule has 2 N–H and O–H groups in total. The Hall–Kier alpha value is -2.25. The molecule has 1 amide bonds. The Labute approximate surface area is 151 Å². The molecule has 122 valence electrons. The van der Waals surface area contributed by atoms with Crippen LogP contribution in [0.5, 0.6) is 0 Å². The molecule has 0 radical (unpaired) electrons. The van der Waals surface area contributed by atoms with Crippen molar-refractivity contribution in [2.75, 3.05) is 0 Å². The van der Waals surface area contributed by atoms with Gasteiger partial charge in [0.05, 0.1) is 5.56 Å². The molecule has 1 unspecified atom stereocenters. The molecule has 0 fully saturated rings. The molecular weight excluding hydrogens is 394 g/mol. The van der Waals surface area contributed by atoms with E-state index in [1.807, 2.05) is 30.3 Å². The zero-order chi connectivity index (χ0) is 17.1. The van der Waals surface area contributed by atoms with Crippen LogP contribution in [0.2, 0.25) is 5.15 Å². The van der Waals surface area contributed by atoms with Crippen LogP contribution in [-0.4, -0.2) is 26.1 Å². The Kier molecular flexibility index (Phi) is 4.92. The van der Waals surface area contributed by atoms with Crippen molar-refractivity contribution in [1.82, 2.24) is 25.5 Å². The number of benzene rings is 1. The van der Waals surface area contributed by atoms with Crippen molar-refractivity contribution in [2.24, 2.45) is 0 Å². The van der Waals surface area contributed by atoms with Crippen LogP contribution in [0.4, 0.5) is 0 Å². The van der Waals surface area contributed by atoms with Gasteiger partial charge in [0.15, 0.2) is 5.82 Å². The number of rotatable bonds is 4. The summed E-state index contributed by atoms with van der Waals surface area (Å²) in [7, 11) is 0. The molecule has 2 aromatic heterocycles. The Bertz CT molecular complexity index is 868. The average molecular weight is 407 g/mol. The maximum atomic E-state index is 12.7. The van der Waals surface area contributed by atoms with E-state index in [9.17, 15) is 4.79 Å². The highest BCUT2D eigenvalue weighted by atomic mass is 79.9. The standard InChI is InChI=1S/C16H13BrClN5O/c1-9-20-15(23-22-9)13(10-5-3-2-4-6-10)21-16(24)12-7-11(17)8-19-14(12)18/h2-8,13H,1H3,(H,21,24)(H,20,22,23). The second-order valence-corrected chi connectivity index (χ2v) is 6.36.